The zero-order valence-electron chi connectivity index (χ0n) is 13.1. The number of hydrogen-bond donors (Lipinski definition) is 1. The number of nitrogens with one attached hydrogen (secondary N) is 1. The Morgan fingerprint density at radius 3 is 2.56 bits per heavy atom. The fourth-order valence-electron chi connectivity index (χ4n) is 2.39. The summed E-state index contributed by atoms with van der Waals surface area (Å²) in [5.74, 6) is -1.23. The van der Waals surface area contributed by atoms with Crippen molar-refractivity contribution in [2.24, 2.45) is 0 Å². The van der Waals surface area contributed by atoms with E-state index in [0.29, 0.717) is 16.7 Å². The molecule has 2 aromatic carbocycles. The van der Waals surface area contributed by atoms with Gasteiger partial charge in [0.25, 0.3) is 0 Å². The first-order valence-corrected chi connectivity index (χ1v) is 7.83. The number of amides is 1. The van der Waals surface area contributed by atoms with E-state index in [-0.39, 0.29) is 22.9 Å². The number of carbonyl (C=O) groups is 2. The quantitative estimate of drug-likeness (QED) is 0.551. The molecule has 0 unspecified atom stereocenters. The summed E-state index contributed by atoms with van der Waals surface area (Å²) in [6.45, 7) is 0. The molecule has 0 bridgehead atoms. The lowest BCUT2D eigenvalue weighted by atomic mass is 10.1. The molecule has 0 aliphatic carbocycles. The highest BCUT2D eigenvalue weighted by molar-refractivity contribution is 6.30. The van der Waals surface area contributed by atoms with Gasteiger partial charge >= 0.3 is 0 Å². The molecule has 1 N–H and O–H groups in total. The maximum Gasteiger partial charge on any atom is 0.239 e. The van der Waals surface area contributed by atoms with Gasteiger partial charge in [-0.15, -0.1) is 11.6 Å². The summed E-state index contributed by atoms with van der Waals surface area (Å²) < 4.78 is 23.9. The number of carbonyl (C=O) groups excluding carboxylic acids is 2. The summed E-state index contributed by atoms with van der Waals surface area (Å²) in [6.07, 6.45) is 0. The molecule has 3 rings (SSSR count). The van der Waals surface area contributed by atoms with Gasteiger partial charge in [0.2, 0.25) is 11.7 Å². The van der Waals surface area contributed by atoms with Crippen molar-refractivity contribution < 1.29 is 23.1 Å². The Morgan fingerprint density at radius 2 is 1.92 bits per heavy atom. The highest BCUT2D eigenvalue weighted by Gasteiger charge is 2.23. The number of benzene rings is 2. The van der Waals surface area contributed by atoms with E-state index in [4.69, 9.17) is 20.8 Å². The van der Waals surface area contributed by atoms with Gasteiger partial charge in [-0.25, -0.2) is 4.39 Å². The van der Waals surface area contributed by atoms with E-state index in [1.165, 1.54) is 31.4 Å². The zero-order valence-corrected chi connectivity index (χ0v) is 13.9. The SMILES string of the molecule is COc1ccc2oc(C(=O)c3ccc(F)cc3)c(NC(=O)CCl)c2c1. The minimum Gasteiger partial charge on any atom is -0.497 e. The van der Waals surface area contributed by atoms with E-state index in [9.17, 15) is 14.0 Å². The first-order chi connectivity index (χ1) is 12.0. The minimum atomic E-state index is -0.486. The molecule has 0 saturated carbocycles. The predicted molar refractivity (Wildman–Crippen MR) is 91.9 cm³/mol. The summed E-state index contributed by atoms with van der Waals surface area (Å²) in [5, 5.41) is 3.08. The van der Waals surface area contributed by atoms with Crippen LogP contribution < -0.4 is 10.1 Å². The van der Waals surface area contributed by atoms with Gasteiger partial charge in [-0.2, -0.15) is 0 Å². The van der Waals surface area contributed by atoms with Crippen LogP contribution in [0, 0.1) is 5.82 Å². The number of fused-ring (bicyclic) bond motifs is 1. The van der Waals surface area contributed by atoms with Crippen molar-refractivity contribution in [3.05, 3.63) is 59.6 Å². The maximum absolute atomic E-state index is 13.1. The minimum absolute atomic E-state index is 0.0617. The Balaban J connectivity index is 2.15. The maximum atomic E-state index is 13.1. The third-order valence-electron chi connectivity index (χ3n) is 3.59. The number of hydrogen-bond acceptors (Lipinski definition) is 4. The third-order valence-corrected chi connectivity index (χ3v) is 3.84. The molecule has 0 aliphatic heterocycles. The average Bonchev–Trinajstić information content (AvgIpc) is 2.99. The molecule has 0 fully saturated rings. The van der Waals surface area contributed by atoms with Crippen LogP contribution >= 0.6 is 11.6 Å². The molecule has 0 saturated heterocycles. The smallest absolute Gasteiger partial charge is 0.239 e. The number of alkyl halides is 1. The number of ketones is 1. The fourth-order valence-corrected chi connectivity index (χ4v) is 2.46. The van der Waals surface area contributed by atoms with Crippen LogP contribution in [0.4, 0.5) is 10.1 Å². The lowest BCUT2D eigenvalue weighted by Gasteiger charge is -2.05. The van der Waals surface area contributed by atoms with Gasteiger partial charge in [0.15, 0.2) is 5.76 Å². The van der Waals surface area contributed by atoms with E-state index in [2.05, 4.69) is 5.32 Å². The molecule has 1 amide bonds. The molecule has 25 heavy (non-hydrogen) atoms. The number of anilines is 1. The molecule has 5 nitrogen and oxygen atoms in total. The van der Waals surface area contributed by atoms with Crippen LogP contribution in [-0.2, 0) is 4.79 Å². The topological polar surface area (TPSA) is 68.5 Å². The van der Waals surface area contributed by atoms with E-state index in [0.717, 1.165) is 0 Å². The Hall–Kier alpha value is -2.86. The van der Waals surface area contributed by atoms with Gasteiger partial charge < -0.3 is 14.5 Å². The highest BCUT2D eigenvalue weighted by Crippen LogP contribution is 2.35. The average molecular weight is 362 g/mol. The van der Waals surface area contributed by atoms with Crippen molar-refractivity contribution in [3.8, 4) is 5.75 Å². The predicted octanol–water partition coefficient (Wildman–Crippen LogP) is 3.99. The largest absolute Gasteiger partial charge is 0.497 e. The first-order valence-electron chi connectivity index (χ1n) is 7.30. The van der Waals surface area contributed by atoms with Crippen molar-refractivity contribution in [1.82, 2.24) is 0 Å². The number of furan rings is 1. The Bertz CT molecular complexity index is 950. The van der Waals surface area contributed by atoms with Crippen LogP contribution in [0.15, 0.2) is 46.9 Å². The van der Waals surface area contributed by atoms with Crippen LogP contribution in [-0.4, -0.2) is 24.7 Å². The van der Waals surface area contributed by atoms with Crippen molar-refractivity contribution >= 4 is 39.9 Å². The standard InChI is InChI=1S/C18H13ClFNO4/c1-24-12-6-7-14-13(8-12)16(21-15(22)9-19)18(25-14)17(23)10-2-4-11(20)5-3-10/h2-8H,9H2,1H3,(H,21,22). The second-order valence-corrected chi connectivity index (χ2v) is 5.45. The lowest BCUT2D eigenvalue weighted by Crippen LogP contribution is -2.15. The first kappa shape index (κ1) is 17.0. The summed E-state index contributed by atoms with van der Waals surface area (Å²) in [6, 6.07) is 9.99. The number of methoxy groups -OCH3 is 1. The molecule has 3 aromatic rings. The molecular weight excluding hydrogens is 349 g/mol. The number of rotatable bonds is 5. The van der Waals surface area contributed by atoms with E-state index in [1.807, 2.05) is 0 Å². The Morgan fingerprint density at radius 1 is 1.20 bits per heavy atom. The third kappa shape index (κ3) is 3.34. The van der Waals surface area contributed by atoms with Gasteiger partial charge in [0.1, 0.15) is 23.0 Å². The van der Waals surface area contributed by atoms with Crippen LogP contribution in [0.1, 0.15) is 16.1 Å². The van der Waals surface area contributed by atoms with Crippen molar-refractivity contribution in [2.75, 3.05) is 18.3 Å². The summed E-state index contributed by atoms with van der Waals surface area (Å²) >= 11 is 5.55. The molecule has 0 aliphatic rings. The highest BCUT2D eigenvalue weighted by atomic mass is 35.5. The molecule has 0 radical (unpaired) electrons. The summed E-state index contributed by atoms with van der Waals surface area (Å²) in [4.78, 5) is 24.5. The molecule has 7 heteroatoms. The zero-order chi connectivity index (χ0) is 18.0. The number of ether oxygens (including phenoxy) is 1. The van der Waals surface area contributed by atoms with Crippen molar-refractivity contribution in [2.45, 2.75) is 0 Å². The second-order valence-electron chi connectivity index (χ2n) is 5.19. The van der Waals surface area contributed by atoms with Crippen LogP contribution in [0.3, 0.4) is 0 Å². The Labute approximate surface area is 147 Å². The molecule has 0 atom stereocenters. The molecule has 1 heterocycles. The second kappa shape index (κ2) is 6.94. The fraction of sp³-hybridized carbons (Fsp3) is 0.111. The van der Waals surface area contributed by atoms with Gasteiger partial charge in [-0.1, -0.05) is 0 Å². The van der Waals surface area contributed by atoms with E-state index < -0.39 is 17.5 Å². The molecule has 1 aromatic heterocycles. The van der Waals surface area contributed by atoms with Crippen LogP contribution in [0.25, 0.3) is 11.0 Å². The van der Waals surface area contributed by atoms with Gasteiger partial charge in [-0.05, 0) is 42.5 Å². The van der Waals surface area contributed by atoms with Crippen molar-refractivity contribution in [3.63, 3.8) is 0 Å². The number of halogens is 2. The van der Waals surface area contributed by atoms with E-state index in [1.54, 1.807) is 18.2 Å². The lowest BCUT2D eigenvalue weighted by molar-refractivity contribution is -0.113. The molecular formula is C18H13ClFNO4. The van der Waals surface area contributed by atoms with E-state index >= 15 is 0 Å². The van der Waals surface area contributed by atoms with Crippen LogP contribution in [0.2, 0.25) is 0 Å². The van der Waals surface area contributed by atoms with Gasteiger partial charge in [0, 0.05) is 10.9 Å². The van der Waals surface area contributed by atoms with Gasteiger partial charge in [0.05, 0.1) is 12.8 Å². The summed E-state index contributed by atoms with van der Waals surface area (Å²) in [7, 11) is 1.50. The Kier molecular flexibility index (Phi) is 4.72. The summed E-state index contributed by atoms with van der Waals surface area (Å²) in [5.41, 5.74) is 0.832. The monoisotopic (exact) mass is 361 g/mol. The van der Waals surface area contributed by atoms with Gasteiger partial charge in [-0.3, -0.25) is 9.59 Å². The normalized spacial score (nSPS) is 10.7. The van der Waals surface area contributed by atoms with Crippen molar-refractivity contribution in [1.29, 1.82) is 0 Å². The molecule has 128 valence electrons. The molecule has 0 spiro atoms. The van der Waals surface area contributed by atoms with Crippen LogP contribution in [0.5, 0.6) is 5.75 Å².